The van der Waals surface area contributed by atoms with Gasteiger partial charge in [0.2, 0.25) is 0 Å². The molecule has 0 spiro atoms. The van der Waals surface area contributed by atoms with Gasteiger partial charge in [0.15, 0.2) is 0 Å². The molecule has 1 saturated heterocycles. The van der Waals surface area contributed by atoms with Crippen LogP contribution < -0.4 is 11.1 Å². The van der Waals surface area contributed by atoms with Gasteiger partial charge in [0.1, 0.15) is 35.7 Å². The number of nitriles is 2. The first kappa shape index (κ1) is 23.5. The normalized spacial score (nSPS) is 30.3. The number of dihydropyridines is 1. The number of ether oxygens (including phenoxy) is 1. The zero-order chi connectivity index (χ0) is 23.6. The molecule has 1 fully saturated rings. The average molecular weight is 461 g/mol. The van der Waals surface area contributed by atoms with Crippen LogP contribution in [0.1, 0.15) is 11.5 Å². The van der Waals surface area contributed by atoms with Gasteiger partial charge in [-0.25, -0.2) is 0 Å². The Hall–Kier alpha value is -3.17. The first-order valence-corrected chi connectivity index (χ1v) is 10.1. The molecule has 1 unspecified atom stereocenters. The fourth-order valence-corrected chi connectivity index (χ4v) is 4.61. The van der Waals surface area contributed by atoms with Gasteiger partial charge in [0.05, 0.1) is 45.8 Å². The molecule has 13 heteroatoms. The average Bonchev–Trinajstić information content (AvgIpc) is 2.79. The molecule has 0 bridgehead atoms. The molecule has 1 aromatic carbocycles. The fraction of sp³-hybridized carbons (Fsp3) is 0.368. The molecular weight excluding hydrogens is 442 g/mol. The maximum absolute atomic E-state index is 10.9. The maximum atomic E-state index is 10.9. The zero-order valence-electron chi connectivity index (χ0n) is 16.3. The highest BCUT2D eigenvalue weighted by Crippen LogP contribution is 2.42. The van der Waals surface area contributed by atoms with E-state index in [0.29, 0.717) is 5.56 Å². The zero-order valence-corrected chi connectivity index (χ0v) is 17.1. The van der Waals surface area contributed by atoms with Gasteiger partial charge < -0.3 is 36.2 Å². The number of benzene rings is 1. The van der Waals surface area contributed by atoms with Crippen molar-refractivity contribution in [3.05, 3.63) is 61.9 Å². The van der Waals surface area contributed by atoms with Crippen LogP contribution >= 0.6 is 11.8 Å². The van der Waals surface area contributed by atoms with Gasteiger partial charge in [-0.2, -0.15) is 10.5 Å². The van der Waals surface area contributed by atoms with Crippen LogP contribution in [0.15, 0.2) is 46.3 Å². The number of nitro groups is 1. The number of hydrogen-bond acceptors (Lipinski definition) is 12. The van der Waals surface area contributed by atoms with Crippen molar-refractivity contribution in [1.82, 2.24) is 5.32 Å². The highest BCUT2D eigenvalue weighted by Gasteiger charge is 2.45. The van der Waals surface area contributed by atoms with Crippen LogP contribution in [0.5, 0.6) is 0 Å². The number of allylic oxidation sites excluding steroid dienone is 2. The van der Waals surface area contributed by atoms with Gasteiger partial charge in [0.25, 0.3) is 5.69 Å². The molecule has 2 aliphatic rings. The maximum Gasteiger partial charge on any atom is 0.269 e. The van der Waals surface area contributed by atoms with E-state index in [1.807, 2.05) is 12.1 Å². The molecule has 2 heterocycles. The number of nitro benzene ring substituents is 1. The molecule has 2 aliphatic heterocycles. The first-order valence-electron chi connectivity index (χ1n) is 9.26. The van der Waals surface area contributed by atoms with E-state index >= 15 is 0 Å². The number of non-ortho nitro benzene ring substituents is 1. The Morgan fingerprint density at radius 1 is 1.12 bits per heavy atom. The molecule has 0 saturated carbocycles. The summed E-state index contributed by atoms with van der Waals surface area (Å²) >= 11 is 0.790. The van der Waals surface area contributed by atoms with Gasteiger partial charge in [-0.1, -0.05) is 23.9 Å². The van der Waals surface area contributed by atoms with Crippen molar-refractivity contribution in [1.29, 1.82) is 10.5 Å². The highest BCUT2D eigenvalue weighted by atomic mass is 32.2. The Morgan fingerprint density at radius 3 is 2.28 bits per heavy atom. The number of thioether (sulfide) groups is 1. The third-order valence-electron chi connectivity index (χ3n) is 5.12. The molecule has 7 N–H and O–H groups in total. The van der Waals surface area contributed by atoms with Crippen molar-refractivity contribution < 1.29 is 30.1 Å². The number of nitrogens with zero attached hydrogens (tertiary/aromatic N) is 3. The van der Waals surface area contributed by atoms with E-state index in [0.717, 1.165) is 11.8 Å². The minimum absolute atomic E-state index is 0.0218. The molecule has 1 aromatic rings. The second-order valence-electron chi connectivity index (χ2n) is 7.02. The van der Waals surface area contributed by atoms with Crippen LogP contribution in [0.2, 0.25) is 0 Å². The number of nitrogens with two attached hydrogens (primary N) is 1. The topological polar surface area (TPSA) is 219 Å². The van der Waals surface area contributed by atoms with Crippen molar-refractivity contribution >= 4 is 17.4 Å². The van der Waals surface area contributed by atoms with Crippen molar-refractivity contribution in [2.75, 3.05) is 6.61 Å². The van der Waals surface area contributed by atoms with E-state index in [-0.39, 0.29) is 27.7 Å². The van der Waals surface area contributed by atoms with E-state index in [9.17, 15) is 41.1 Å². The number of nitrogens with one attached hydrogen (secondary N) is 1. The molecule has 6 atom stereocenters. The summed E-state index contributed by atoms with van der Waals surface area (Å²) in [4.78, 5) is 10.4. The summed E-state index contributed by atoms with van der Waals surface area (Å²) in [6.45, 7) is -0.619. The van der Waals surface area contributed by atoms with E-state index in [1.165, 1.54) is 24.3 Å². The van der Waals surface area contributed by atoms with E-state index in [2.05, 4.69) is 5.32 Å². The minimum Gasteiger partial charge on any atom is -0.394 e. The van der Waals surface area contributed by atoms with E-state index < -0.39 is 47.3 Å². The van der Waals surface area contributed by atoms with Gasteiger partial charge in [-0.15, -0.1) is 0 Å². The van der Waals surface area contributed by atoms with Gasteiger partial charge >= 0.3 is 0 Å². The van der Waals surface area contributed by atoms with E-state index in [1.54, 1.807) is 0 Å². The molecule has 12 nitrogen and oxygen atoms in total. The van der Waals surface area contributed by atoms with Gasteiger partial charge in [-0.05, 0) is 5.56 Å². The Balaban J connectivity index is 2.00. The lowest BCUT2D eigenvalue weighted by Crippen LogP contribution is -2.57. The van der Waals surface area contributed by atoms with Crippen LogP contribution in [0, 0.1) is 32.8 Å². The lowest BCUT2D eigenvalue weighted by Gasteiger charge is -2.40. The molecule has 0 amide bonds. The predicted molar refractivity (Wildman–Crippen MR) is 110 cm³/mol. The summed E-state index contributed by atoms with van der Waals surface area (Å²) in [5.74, 6) is -1.01. The predicted octanol–water partition coefficient (Wildman–Crippen LogP) is -0.756. The number of aliphatic hydroxyl groups excluding tert-OH is 4. The van der Waals surface area contributed by atoms with Crippen molar-refractivity contribution in [2.45, 2.75) is 35.8 Å². The Kier molecular flexibility index (Phi) is 7.00. The molecule has 0 aliphatic carbocycles. The van der Waals surface area contributed by atoms with Crippen molar-refractivity contribution in [3.8, 4) is 12.1 Å². The summed E-state index contributed by atoms with van der Waals surface area (Å²) in [7, 11) is 0. The van der Waals surface area contributed by atoms with Crippen molar-refractivity contribution in [3.63, 3.8) is 0 Å². The monoisotopic (exact) mass is 461 g/mol. The summed E-state index contributed by atoms with van der Waals surface area (Å²) in [6.07, 6.45) is -5.86. The van der Waals surface area contributed by atoms with Crippen LogP contribution in [-0.4, -0.2) is 61.8 Å². The number of rotatable bonds is 5. The summed E-state index contributed by atoms with van der Waals surface area (Å²) < 4.78 is 5.47. The summed E-state index contributed by atoms with van der Waals surface area (Å²) in [5, 5.41) is 72.9. The Bertz CT molecular complexity index is 1040. The van der Waals surface area contributed by atoms with Crippen LogP contribution in [0.3, 0.4) is 0 Å². The lowest BCUT2D eigenvalue weighted by atomic mass is 9.84. The largest absolute Gasteiger partial charge is 0.394 e. The third kappa shape index (κ3) is 4.26. The highest BCUT2D eigenvalue weighted by molar-refractivity contribution is 8.03. The third-order valence-corrected chi connectivity index (χ3v) is 6.30. The molecular formula is C19H19N5O7S. The van der Waals surface area contributed by atoms with Crippen LogP contribution in [0.25, 0.3) is 0 Å². The SMILES string of the molecule is N#CC1=C(N)NC(S[C@@H]2O[C@H](CO)[C@@H](O)[C@H](O)[C@H]2O)=C(C#N)C1c1ccc([N+](=O)[O-])cc1. The van der Waals surface area contributed by atoms with Crippen LogP contribution in [-0.2, 0) is 4.74 Å². The number of hydrogen-bond donors (Lipinski definition) is 6. The summed E-state index contributed by atoms with van der Waals surface area (Å²) in [6, 6.07) is 9.23. The second kappa shape index (κ2) is 9.54. The Morgan fingerprint density at radius 2 is 1.75 bits per heavy atom. The summed E-state index contributed by atoms with van der Waals surface area (Å²) in [5.41, 5.74) is 5.09. The van der Waals surface area contributed by atoms with Gasteiger partial charge in [-0.3, -0.25) is 10.1 Å². The van der Waals surface area contributed by atoms with Crippen molar-refractivity contribution in [2.24, 2.45) is 5.73 Å². The molecule has 0 radical (unpaired) electrons. The molecule has 0 aromatic heterocycles. The lowest BCUT2D eigenvalue weighted by molar-refractivity contribution is -0.384. The molecule has 32 heavy (non-hydrogen) atoms. The van der Waals surface area contributed by atoms with Gasteiger partial charge in [0, 0.05) is 12.1 Å². The smallest absolute Gasteiger partial charge is 0.269 e. The molecule has 3 rings (SSSR count). The van der Waals surface area contributed by atoms with E-state index in [4.69, 9.17) is 10.5 Å². The number of aliphatic hydroxyl groups is 4. The second-order valence-corrected chi connectivity index (χ2v) is 8.12. The first-order chi connectivity index (χ1) is 15.2. The molecule has 168 valence electrons. The van der Waals surface area contributed by atoms with Crippen LogP contribution in [0.4, 0.5) is 5.69 Å². The Labute approximate surface area is 186 Å². The quantitative estimate of drug-likeness (QED) is 0.235. The minimum atomic E-state index is -1.61. The fourth-order valence-electron chi connectivity index (χ4n) is 3.42. The standard InChI is InChI=1S/C19H19N5O7S/c20-5-10-13(8-1-3-9(4-2-8)24(29)30)11(6-21)18(23-17(10)22)32-19-16(28)15(27)14(26)12(7-25)31-19/h1-4,12-16,19,23,25-28H,7,22H2/t12-,13?,14-,15+,16-,19+/m1/s1.